The quantitative estimate of drug-likeness (QED) is 0.790. The molecule has 3 aromatic heterocycles. The van der Waals surface area contributed by atoms with E-state index < -0.39 is 0 Å². The Morgan fingerprint density at radius 3 is 3.09 bits per heavy atom. The number of carbonyl (C=O) groups is 1. The monoisotopic (exact) mass is 294 g/mol. The molecule has 0 aromatic carbocycles. The third-order valence-electron chi connectivity index (χ3n) is 4.42. The molecule has 0 spiro atoms. The molecular weight excluding hydrogens is 276 g/mol. The van der Waals surface area contributed by atoms with Gasteiger partial charge in [0.2, 0.25) is 0 Å². The SMILES string of the molecule is O=C(c1cc2ccccn2c1)N1CCCC(c2ccn[nH]2)C1. The van der Waals surface area contributed by atoms with Gasteiger partial charge >= 0.3 is 0 Å². The highest BCUT2D eigenvalue weighted by Gasteiger charge is 2.26. The second-order valence-corrected chi connectivity index (χ2v) is 5.86. The topological polar surface area (TPSA) is 53.4 Å². The molecule has 1 aliphatic rings. The van der Waals surface area contributed by atoms with Gasteiger partial charge in [-0.25, -0.2) is 0 Å². The molecule has 5 nitrogen and oxygen atoms in total. The lowest BCUT2D eigenvalue weighted by Gasteiger charge is -2.32. The van der Waals surface area contributed by atoms with E-state index in [1.165, 1.54) is 0 Å². The second-order valence-electron chi connectivity index (χ2n) is 5.86. The number of carbonyl (C=O) groups excluding carboxylic acids is 1. The Morgan fingerprint density at radius 2 is 2.27 bits per heavy atom. The van der Waals surface area contributed by atoms with E-state index in [0.29, 0.717) is 5.92 Å². The molecule has 1 amide bonds. The van der Waals surface area contributed by atoms with E-state index in [2.05, 4.69) is 10.2 Å². The average molecular weight is 294 g/mol. The van der Waals surface area contributed by atoms with Crippen LogP contribution in [0.1, 0.15) is 34.8 Å². The molecule has 1 N–H and O–H groups in total. The van der Waals surface area contributed by atoms with Crippen LogP contribution in [0.5, 0.6) is 0 Å². The Balaban J connectivity index is 1.56. The van der Waals surface area contributed by atoms with Gasteiger partial charge in [-0.1, -0.05) is 6.07 Å². The Bertz CT molecular complexity index is 757. The van der Waals surface area contributed by atoms with Crippen molar-refractivity contribution in [3.05, 3.63) is 60.2 Å². The predicted octanol–water partition coefficient (Wildman–Crippen LogP) is 2.68. The number of pyridine rings is 1. The van der Waals surface area contributed by atoms with Gasteiger partial charge in [-0.3, -0.25) is 9.89 Å². The number of amides is 1. The van der Waals surface area contributed by atoms with Crippen molar-refractivity contribution in [3.8, 4) is 0 Å². The molecule has 4 heterocycles. The minimum Gasteiger partial charge on any atom is -0.338 e. The van der Waals surface area contributed by atoms with E-state index in [-0.39, 0.29) is 5.91 Å². The maximum atomic E-state index is 12.8. The lowest BCUT2D eigenvalue weighted by Crippen LogP contribution is -2.39. The third-order valence-corrected chi connectivity index (χ3v) is 4.42. The minimum absolute atomic E-state index is 0.118. The summed E-state index contributed by atoms with van der Waals surface area (Å²) in [5.74, 6) is 0.477. The molecule has 4 rings (SSSR count). The van der Waals surface area contributed by atoms with Crippen LogP contribution in [-0.4, -0.2) is 38.5 Å². The van der Waals surface area contributed by atoms with Crippen LogP contribution in [0.3, 0.4) is 0 Å². The third kappa shape index (κ3) is 2.28. The van der Waals surface area contributed by atoms with E-state index in [4.69, 9.17) is 0 Å². The molecule has 1 fully saturated rings. The first kappa shape index (κ1) is 13.1. The lowest BCUT2D eigenvalue weighted by molar-refractivity contribution is 0.0706. The molecule has 5 heteroatoms. The van der Waals surface area contributed by atoms with Crippen LogP contribution in [0.15, 0.2) is 48.9 Å². The number of piperidine rings is 1. The Hall–Kier alpha value is -2.56. The normalized spacial score (nSPS) is 18.7. The van der Waals surface area contributed by atoms with Gasteiger partial charge in [0.15, 0.2) is 0 Å². The van der Waals surface area contributed by atoms with Crippen molar-refractivity contribution in [2.75, 3.05) is 13.1 Å². The molecule has 0 aliphatic carbocycles. The standard InChI is InChI=1S/C17H18N4O/c22-17(14-10-15-5-1-2-8-20(15)12-14)21-9-3-4-13(11-21)16-6-7-18-19-16/h1-2,5-8,10,12-13H,3-4,9,11H2,(H,18,19). The van der Waals surface area contributed by atoms with Crippen molar-refractivity contribution < 1.29 is 4.79 Å². The van der Waals surface area contributed by atoms with Gasteiger partial charge in [-0.15, -0.1) is 0 Å². The average Bonchev–Trinajstić information content (AvgIpc) is 3.23. The van der Waals surface area contributed by atoms with E-state index in [9.17, 15) is 4.79 Å². The molecule has 22 heavy (non-hydrogen) atoms. The number of nitrogens with one attached hydrogen (secondary N) is 1. The summed E-state index contributed by atoms with van der Waals surface area (Å²) >= 11 is 0. The highest BCUT2D eigenvalue weighted by Crippen LogP contribution is 2.26. The largest absolute Gasteiger partial charge is 0.338 e. The molecule has 0 bridgehead atoms. The van der Waals surface area contributed by atoms with E-state index in [1.54, 1.807) is 6.20 Å². The number of fused-ring (bicyclic) bond motifs is 1. The Morgan fingerprint density at radius 1 is 1.32 bits per heavy atom. The smallest absolute Gasteiger partial charge is 0.255 e. The molecule has 112 valence electrons. The van der Waals surface area contributed by atoms with Crippen LogP contribution in [0.2, 0.25) is 0 Å². The summed E-state index contributed by atoms with van der Waals surface area (Å²) in [5, 5.41) is 7.06. The van der Waals surface area contributed by atoms with Gasteiger partial charge in [0, 0.05) is 48.8 Å². The van der Waals surface area contributed by atoms with E-state index in [0.717, 1.165) is 42.7 Å². The molecule has 1 aliphatic heterocycles. The highest BCUT2D eigenvalue weighted by atomic mass is 16.2. The van der Waals surface area contributed by atoms with Crippen molar-refractivity contribution >= 4 is 11.4 Å². The zero-order chi connectivity index (χ0) is 14.9. The summed E-state index contributed by atoms with van der Waals surface area (Å²) in [4.78, 5) is 14.7. The molecule has 0 saturated carbocycles. The molecule has 1 saturated heterocycles. The van der Waals surface area contributed by atoms with Gasteiger partial charge in [-0.05, 0) is 37.1 Å². The molecule has 0 radical (unpaired) electrons. The molecule has 3 aromatic rings. The number of aromatic nitrogens is 3. The van der Waals surface area contributed by atoms with Gasteiger partial charge in [-0.2, -0.15) is 5.10 Å². The van der Waals surface area contributed by atoms with Crippen LogP contribution < -0.4 is 0 Å². The summed E-state index contributed by atoms with van der Waals surface area (Å²) in [7, 11) is 0. The number of likely N-dealkylation sites (tertiary alicyclic amines) is 1. The number of rotatable bonds is 2. The van der Waals surface area contributed by atoms with Gasteiger partial charge in [0.25, 0.3) is 5.91 Å². The van der Waals surface area contributed by atoms with Crippen LogP contribution in [0.25, 0.3) is 5.52 Å². The van der Waals surface area contributed by atoms with Gasteiger partial charge in [0.1, 0.15) is 0 Å². The van der Waals surface area contributed by atoms with Gasteiger partial charge < -0.3 is 9.30 Å². The van der Waals surface area contributed by atoms with Crippen molar-refractivity contribution in [3.63, 3.8) is 0 Å². The number of aromatic amines is 1. The number of nitrogens with zero attached hydrogens (tertiary/aromatic N) is 3. The van der Waals surface area contributed by atoms with Crippen LogP contribution in [-0.2, 0) is 0 Å². The van der Waals surface area contributed by atoms with Crippen molar-refractivity contribution in [1.82, 2.24) is 19.5 Å². The molecular formula is C17H18N4O. The van der Waals surface area contributed by atoms with Crippen LogP contribution in [0.4, 0.5) is 0 Å². The highest BCUT2D eigenvalue weighted by molar-refractivity contribution is 5.95. The summed E-state index contributed by atoms with van der Waals surface area (Å²) in [6.45, 7) is 1.59. The lowest BCUT2D eigenvalue weighted by atomic mass is 9.94. The maximum absolute atomic E-state index is 12.8. The molecule has 1 unspecified atom stereocenters. The van der Waals surface area contributed by atoms with E-state index in [1.807, 2.05) is 52.0 Å². The first-order valence-corrected chi connectivity index (χ1v) is 7.66. The van der Waals surface area contributed by atoms with Crippen molar-refractivity contribution in [1.29, 1.82) is 0 Å². The van der Waals surface area contributed by atoms with Gasteiger partial charge in [0.05, 0.1) is 5.56 Å². The van der Waals surface area contributed by atoms with Crippen LogP contribution >= 0.6 is 0 Å². The number of hydrogen-bond donors (Lipinski definition) is 1. The fourth-order valence-electron chi connectivity index (χ4n) is 3.26. The second kappa shape index (κ2) is 5.33. The zero-order valence-electron chi connectivity index (χ0n) is 12.3. The Kier molecular flexibility index (Phi) is 3.18. The van der Waals surface area contributed by atoms with E-state index >= 15 is 0 Å². The summed E-state index contributed by atoms with van der Waals surface area (Å²) in [5.41, 5.74) is 2.93. The summed E-state index contributed by atoms with van der Waals surface area (Å²) in [6.07, 6.45) is 7.79. The predicted molar refractivity (Wildman–Crippen MR) is 83.9 cm³/mol. The molecule has 1 atom stereocenters. The van der Waals surface area contributed by atoms with Crippen molar-refractivity contribution in [2.24, 2.45) is 0 Å². The fraction of sp³-hybridized carbons (Fsp3) is 0.294. The van der Waals surface area contributed by atoms with Crippen molar-refractivity contribution in [2.45, 2.75) is 18.8 Å². The summed E-state index contributed by atoms with van der Waals surface area (Å²) in [6, 6.07) is 9.93. The van der Waals surface area contributed by atoms with Crippen LogP contribution in [0, 0.1) is 0 Å². The fourth-order valence-corrected chi connectivity index (χ4v) is 3.26. The number of hydrogen-bond acceptors (Lipinski definition) is 2. The number of H-pyrrole nitrogens is 1. The Labute approximate surface area is 128 Å². The zero-order valence-corrected chi connectivity index (χ0v) is 12.3. The first-order chi connectivity index (χ1) is 10.8. The first-order valence-electron chi connectivity index (χ1n) is 7.66. The minimum atomic E-state index is 0.118. The maximum Gasteiger partial charge on any atom is 0.255 e. The summed E-state index contributed by atoms with van der Waals surface area (Å²) < 4.78 is 1.99.